The maximum Gasteiger partial charge on any atom is 0.339 e. The summed E-state index contributed by atoms with van der Waals surface area (Å²) in [6, 6.07) is 22.9. The Morgan fingerprint density at radius 2 is 1.64 bits per heavy atom. The highest BCUT2D eigenvalue weighted by Gasteiger charge is 2.20. The summed E-state index contributed by atoms with van der Waals surface area (Å²) in [5.74, 6) is -0.753. The minimum atomic E-state index is -4.18. The highest BCUT2D eigenvalue weighted by Crippen LogP contribution is 2.33. The molecule has 180 valence electrons. The Balaban J connectivity index is 1.78. The van der Waals surface area contributed by atoms with Gasteiger partial charge in [-0.1, -0.05) is 71.2 Å². The van der Waals surface area contributed by atoms with Gasteiger partial charge in [-0.25, -0.2) is 0 Å². The second-order valence-corrected chi connectivity index (χ2v) is 10.3. The number of hydrogen-bond acceptors (Lipinski definition) is 5. The van der Waals surface area contributed by atoms with Crippen LogP contribution >= 0.6 is 23.2 Å². The van der Waals surface area contributed by atoms with Crippen LogP contribution in [-0.4, -0.2) is 14.3 Å². The number of anilines is 1. The summed E-state index contributed by atoms with van der Waals surface area (Å²) >= 11 is 12.0. The zero-order valence-electron chi connectivity index (χ0n) is 18.8. The van der Waals surface area contributed by atoms with Crippen molar-refractivity contribution in [3.63, 3.8) is 0 Å². The van der Waals surface area contributed by atoms with Gasteiger partial charge < -0.3 is 9.50 Å². The van der Waals surface area contributed by atoms with Crippen LogP contribution in [0.4, 0.5) is 5.69 Å². The molecular formula is C27H18Cl2N2O4S. The minimum Gasteiger partial charge on any atom is -0.378 e. The van der Waals surface area contributed by atoms with Crippen LogP contribution in [0.25, 0.3) is 16.8 Å². The van der Waals surface area contributed by atoms with Gasteiger partial charge in [0.05, 0.1) is 0 Å². The van der Waals surface area contributed by atoms with Crippen molar-refractivity contribution in [3.05, 3.63) is 106 Å². The van der Waals surface area contributed by atoms with Crippen LogP contribution in [0.5, 0.6) is 5.75 Å². The molecule has 6 nitrogen and oxygen atoms in total. The fraction of sp³-hybridized carbons (Fsp3) is 0.0370. The number of benzene rings is 4. The maximum atomic E-state index is 13.0. The average molecular weight is 537 g/mol. The largest absolute Gasteiger partial charge is 0.378 e. The molecule has 0 aliphatic rings. The van der Waals surface area contributed by atoms with E-state index >= 15 is 0 Å². The Hall–Kier alpha value is -3.83. The number of nitrogens with zero attached hydrogens (tertiary/aromatic N) is 1. The van der Waals surface area contributed by atoms with Gasteiger partial charge >= 0.3 is 10.1 Å². The third-order valence-electron chi connectivity index (χ3n) is 5.21. The molecule has 0 bridgehead atoms. The van der Waals surface area contributed by atoms with Crippen molar-refractivity contribution >= 4 is 61.8 Å². The lowest BCUT2D eigenvalue weighted by Gasteiger charge is -2.13. The van der Waals surface area contributed by atoms with Crippen LogP contribution in [0.3, 0.4) is 0 Å². The van der Waals surface area contributed by atoms with Gasteiger partial charge in [0.15, 0.2) is 5.75 Å². The molecule has 0 saturated carbocycles. The van der Waals surface area contributed by atoms with Crippen molar-refractivity contribution in [3.8, 4) is 11.8 Å². The summed E-state index contributed by atoms with van der Waals surface area (Å²) in [7, 11) is -4.18. The van der Waals surface area contributed by atoms with Crippen LogP contribution in [0.15, 0.2) is 89.3 Å². The van der Waals surface area contributed by atoms with Gasteiger partial charge in [-0.15, -0.1) is 0 Å². The molecule has 0 aliphatic heterocycles. The Morgan fingerprint density at radius 3 is 2.31 bits per heavy atom. The lowest BCUT2D eigenvalue weighted by atomic mass is 10.0. The van der Waals surface area contributed by atoms with E-state index in [1.165, 1.54) is 42.5 Å². The first kappa shape index (κ1) is 25.3. The third kappa shape index (κ3) is 5.69. The predicted molar refractivity (Wildman–Crippen MR) is 142 cm³/mol. The number of carbonyl (C=O) groups is 1. The minimum absolute atomic E-state index is 0.0210. The molecule has 4 aromatic carbocycles. The zero-order chi connectivity index (χ0) is 25.9. The molecule has 36 heavy (non-hydrogen) atoms. The zero-order valence-corrected chi connectivity index (χ0v) is 21.2. The van der Waals surface area contributed by atoms with Crippen LogP contribution in [0.2, 0.25) is 10.0 Å². The fourth-order valence-electron chi connectivity index (χ4n) is 3.49. The quantitative estimate of drug-likeness (QED) is 0.166. The van der Waals surface area contributed by atoms with E-state index in [9.17, 15) is 18.5 Å². The molecule has 0 unspecified atom stereocenters. The lowest BCUT2D eigenvalue weighted by molar-refractivity contribution is -0.112. The Morgan fingerprint density at radius 1 is 0.972 bits per heavy atom. The van der Waals surface area contributed by atoms with Gasteiger partial charge in [-0.05, 0) is 60.2 Å². The van der Waals surface area contributed by atoms with Crippen molar-refractivity contribution in [2.24, 2.45) is 0 Å². The predicted octanol–water partition coefficient (Wildman–Crippen LogP) is 6.77. The first-order chi connectivity index (χ1) is 17.2. The van der Waals surface area contributed by atoms with E-state index in [1.54, 1.807) is 30.3 Å². The molecule has 0 heterocycles. The van der Waals surface area contributed by atoms with Crippen molar-refractivity contribution in [2.75, 3.05) is 5.32 Å². The van der Waals surface area contributed by atoms with Crippen LogP contribution < -0.4 is 9.50 Å². The molecule has 4 aromatic rings. The number of amides is 1. The molecule has 0 aliphatic carbocycles. The average Bonchev–Trinajstić information content (AvgIpc) is 2.82. The number of hydrogen-bond donors (Lipinski definition) is 1. The third-order valence-corrected chi connectivity index (χ3v) is 6.90. The van der Waals surface area contributed by atoms with Gasteiger partial charge in [0.1, 0.15) is 16.5 Å². The maximum absolute atomic E-state index is 13.0. The topological polar surface area (TPSA) is 96.3 Å². The van der Waals surface area contributed by atoms with E-state index in [2.05, 4.69) is 5.32 Å². The Labute approximate surface area is 218 Å². The summed E-state index contributed by atoms with van der Waals surface area (Å²) in [6.45, 7) is 1.84. The summed E-state index contributed by atoms with van der Waals surface area (Å²) in [4.78, 5) is 12.9. The highest BCUT2D eigenvalue weighted by atomic mass is 35.5. The summed E-state index contributed by atoms with van der Waals surface area (Å²) in [6.07, 6.45) is 1.30. The van der Waals surface area contributed by atoms with E-state index in [-0.39, 0.29) is 21.8 Å². The summed E-state index contributed by atoms with van der Waals surface area (Å²) < 4.78 is 31.5. The first-order valence-corrected chi connectivity index (χ1v) is 12.7. The Bertz CT molecular complexity index is 1640. The fourth-order valence-corrected chi connectivity index (χ4v) is 4.96. The monoisotopic (exact) mass is 536 g/mol. The molecule has 0 radical (unpaired) electrons. The molecule has 0 aromatic heterocycles. The molecule has 9 heteroatoms. The van der Waals surface area contributed by atoms with E-state index < -0.39 is 16.0 Å². The van der Waals surface area contributed by atoms with E-state index in [0.29, 0.717) is 21.1 Å². The number of aryl methyl sites for hydroxylation is 1. The number of rotatable bonds is 6. The van der Waals surface area contributed by atoms with E-state index in [0.717, 1.165) is 10.9 Å². The van der Waals surface area contributed by atoms with Gasteiger partial charge in [-0.3, -0.25) is 4.79 Å². The second-order valence-electron chi connectivity index (χ2n) is 7.83. The lowest BCUT2D eigenvalue weighted by Crippen LogP contribution is -2.14. The van der Waals surface area contributed by atoms with Crippen molar-refractivity contribution in [1.29, 1.82) is 5.26 Å². The molecule has 0 atom stereocenters. The van der Waals surface area contributed by atoms with Crippen molar-refractivity contribution in [2.45, 2.75) is 11.8 Å². The standard InChI is InChI=1S/C27H18Cl2N2O4S/c1-17-6-9-23(10-7-17)36(33,34)35-26-11-8-18-4-2-3-5-24(18)25(26)12-19(16-30)27(32)31-22-14-20(28)13-21(29)15-22/h2-15H,1H3,(H,31,32)/b19-12+. The smallest absolute Gasteiger partial charge is 0.339 e. The second kappa shape index (κ2) is 10.4. The molecule has 0 fully saturated rings. The van der Waals surface area contributed by atoms with Crippen molar-refractivity contribution in [1.82, 2.24) is 0 Å². The molecule has 0 spiro atoms. The molecule has 1 N–H and O–H groups in total. The summed E-state index contributed by atoms with van der Waals surface area (Å²) in [5.41, 5.74) is 1.18. The van der Waals surface area contributed by atoms with Gasteiger partial charge in [0.25, 0.3) is 5.91 Å². The molecule has 0 saturated heterocycles. The molecule has 1 amide bonds. The van der Waals surface area contributed by atoms with E-state index in [4.69, 9.17) is 27.4 Å². The SMILES string of the molecule is Cc1ccc(S(=O)(=O)Oc2ccc3ccccc3c2/C=C(\C#N)C(=O)Nc2cc(Cl)cc(Cl)c2)cc1. The number of fused-ring (bicyclic) bond motifs is 1. The van der Waals surface area contributed by atoms with Crippen LogP contribution in [0.1, 0.15) is 11.1 Å². The molecule has 4 rings (SSSR count). The van der Waals surface area contributed by atoms with Crippen LogP contribution in [-0.2, 0) is 14.9 Å². The highest BCUT2D eigenvalue weighted by molar-refractivity contribution is 7.87. The number of nitriles is 1. The summed E-state index contributed by atoms with van der Waals surface area (Å²) in [5, 5.41) is 14.3. The van der Waals surface area contributed by atoms with Gasteiger partial charge in [0, 0.05) is 21.3 Å². The number of halogens is 2. The normalized spacial score (nSPS) is 11.7. The van der Waals surface area contributed by atoms with Gasteiger partial charge in [-0.2, -0.15) is 13.7 Å². The first-order valence-electron chi connectivity index (χ1n) is 10.6. The van der Waals surface area contributed by atoms with Gasteiger partial charge in [0.2, 0.25) is 0 Å². The molecular weight excluding hydrogens is 519 g/mol. The van der Waals surface area contributed by atoms with E-state index in [1.807, 2.05) is 25.1 Å². The number of carbonyl (C=O) groups excluding carboxylic acids is 1. The van der Waals surface area contributed by atoms with Crippen molar-refractivity contribution < 1.29 is 17.4 Å². The van der Waals surface area contributed by atoms with Crippen LogP contribution in [0, 0.1) is 18.3 Å². The Kier molecular flexibility index (Phi) is 7.32. The number of nitrogens with one attached hydrogen (secondary N) is 1.